The van der Waals surface area contributed by atoms with Gasteiger partial charge >= 0.3 is 5.97 Å². The number of aryl methyl sites for hydroxylation is 1. The Morgan fingerprint density at radius 3 is 2.38 bits per heavy atom. The number of carbonyl (C=O) groups excluding carboxylic acids is 1. The van der Waals surface area contributed by atoms with E-state index >= 15 is 0 Å². The van der Waals surface area contributed by atoms with E-state index in [1.54, 1.807) is 0 Å². The minimum atomic E-state index is -1.42. The number of carboxylic acids is 1. The van der Waals surface area contributed by atoms with E-state index in [9.17, 15) is 23.5 Å². The van der Waals surface area contributed by atoms with Crippen LogP contribution >= 0.6 is 0 Å². The Balaban J connectivity index is 1.92. The van der Waals surface area contributed by atoms with Crippen molar-refractivity contribution in [1.82, 2.24) is 5.32 Å². The highest BCUT2D eigenvalue weighted by Gasteiger charge is 2.24. The fourth-order valence-electron chi connectivity index (χ4n) is 2.68. The molecule has 0 aliphatic carbocycles. The van der Waals surface area contributed by atoms with Gasteiger partial charge in [0.2, 0.25) is 5.91 Å². The molecule has 0 unspecified atom stereocenters. The first-order valence-electron chi connectivity index (χ1n) is 8.38. The molecule has 6 heteroatoms. The Morgan fingerprint density at radius 1 is 1.08 bits per heavy atom. The maximum Gasteiger partial charge on any atom is 0.330 e. The van der Waals surface area contributed by atoms with Gasteiger partial charge in [0.15, 0.2) is 17.7 Å². The van der Waals surface area contributed by atoms with Crippen molar-refractivity contribution in [2.24, 2.45) is 5.92 Å². The van der Waals surface area contributed by atoms with Gasteiger partial charge in [0, 0.05) is 6.42 Å². The van der Waals surface area contributed by atoms with E-state index in [0.29, 0.717) is 0 Å². The van der Waals surface area contributed by atoms with Crippen LogP contribution in [0.1, 0.15) is 36.9 Å². The highest BCUT2D eigenvalue weighted by molar-refractivity contribution is 5.84. The third-order valence-electron chi connectivity index (χ3n) is 4.13. The first-order chi connectivity index (χ1) is 12.4. The van der Waals surface area contributed by atoms with Gasteiger partial charge in [-0.2, -0.15) is 0 Å². The Hall–Kier alpha value is -2.76. The van der Waals surface area contributed by atoms with Gasteiger partial charge in [0.05, 0.1) is 0 Å². The summed E-state index contributed by atoms with van der Waals surface area (Å²) in [4.78, 5) is 23.6. The molecule has 138 valence electrons. The first kappa shape index (κ1) is 19.6. The second kappa shape index (κ2) is 9.08. The van der Waals surface area contributed by atoms with E-state index in [2.05, 4.69) is 5.32 Å². The van der Waals surface area contributed by atoms with Gasteiger partial charge in [-0.3, -0.25) is 4.79 Å². The number of rotatable bonds is 8. The van der Waals surface area contributed by atoms with Gasteiger partial charge in [-0.05, 0) is 42.0 Å². The predicted molar refractivity (Wildman–Crippen MR) is 93.4 cm³/mol. The van der Waals surface area contributed by atoms with Crippen LogP contribution in [0.2, 0.25) is 0 Å². The molecule has 0 spiro atoms. The molecule has 0 aromatic heterocycles. The van der Waals surface area contributed by atoms with Crippen LogP contribution in [0, 0.1) is 17.6 Å². The van der Waals surface area contributed by atoms with Crippen LogP contribution in [0.25, 0.3) is 0 Å². The third-order valence-corrected chi connectivity index (χ3v) is 4.13. The molecule has 0 saturated heterocycles. The molecule has 2 N–H and O–H groups in total. The molecule has 0 radical (unpaired) electrons. The van der Waals surface area contributed by atoms with E-state index < -0.39 is 29.6 Å². The standard InChI is InChI=1S/C20H21F2NO3/c1-13(7-8-14-5-3-2-4-6-14)11-18(24)23-19(20(25)26)15-9-10-16(21)17(22)12-15/h2-6,9-10,12-13,19H,7-8,11H2,1H3,(H,23,24)(H,25,26)/t13-,19+/m1/s1. The Labute approximate surface area is 150 Å². The van der Waals surface area contributed by atoms with Crippen molar-refractivity contribution in [3.05, 3.63) is 71.3 Å². The summed E-state index contributed by atoms with van der Waals surface area (Å²) in [6.07, 6.45) is 1.75. The average Bonchev–Trinajstić information content (AvgIpc) is 2.61. The van der Waals surface area contributed by atoms with E-state index in [4.69, 9.17) is 0 Å². The summed E-state index contributed by atoms with van der Waals surface area (Å²) < 4.78 is 26.3. The molecule has 0 saturated carbocycles. The van der Waals surface area contributed by atoms with Crippen LogP contribution < -0.4 is 5.32 Å². The minimum absolute atomic E-state index is 0.0123. The van der Waals surface area contributed by atoms with E-state index in [-0.39, 0.29) is 17.9 Å². The summed E-state index contributed by atoms with van der Waals surface area (Å²) in [5, 5.41) is 11.7. The van der Waals surface area contributed by atoms with Gasteiger partial charge < -0.3 is 10.4 Å². The molecule has 2 aromatic carbocycles. The second-order valence-corrected chi connectivity index (χ2v) is 6.35. The van der Waals surface area contributed by atoms with Crippen molar-refractivity contribution in [2.45, 2.75) is 32.2 Å². The smallest absolute Gasteiger partial charge is 0.330 e. The zero-order valence-electron chi connectivity index (χ0n) is 14.4. The maximum absolute atomic E-state index is 13.3. The molecule has 26 heavy (non-hydrogen) atoms. The summed E-state index contributed by atoms with van der Waals surface area (Å²) in [6.45, 7) is 1.91. The van der Waals surface area contributed by atoms with Crippen LogP contribution in [-0.2, 0) is 16.0 Å². The van der Waals surface area contributed by atoms with Gasteiger partial charge in [0.1, 0.15) is 0 Å². The molecule has 0 aliphatic rings. The minimum Gasteiger partial charge on any atom is -0.479 e. The Bertz CT molecular complexity index is 765. The van der Waals surface area contributed by atoms with Gasteiger partial charge in [-0.15, -0.1) is 0 Å². The molecule has 2 rings (SSSR count). The average molecular weight is 361 g/mol. The molecule has 1 amide bonds. The van der Waals surface area contributed by atoms with Gasteiger partial charge in [-0.1, -0.05) is 43.3 Å². The lowest BCUT2D eigenvalue weighted by Gasteiger charge is -2.17. The largest absolute Gasteiger partial charge is 0.479 e. The predicted octanol–water partition coefficient (Wildman–Crippen LogP) is 3.87. The number of carboxylic acid groups (broad SMARTS) is 1. The number of hydrogen-bond acceptors (Lipinski definition) is 2. The van der Waals surface area contributed by atoms with Crippen molar-refractivity contribution in [3.8, 4) is 0 Å². The number of benzene rings is 2. The number of halogens is 2. The molecular weight excluding hydrogens is 340 g/mol. The van der Waals surface area contributed by atoms with Crippen LogP contribution in [0.5, 0.6) is 0 Å². The zero-order valence-corrected chi connectivity index (χ0v) is 14.4. The van der Waals surface area contributed by atoms with E-state index in [0.717, 1.165) is 31.0 Å². The summed E-state index contributed by atoms with van der Waals surface area (Å²) in [7, 11) is 0. The molecule has 0 heterocycles. The molecule has 2 aromatic rings. The van der Waals surface area contributed by atoms with Crippen LogP contribution in [0.3, 0.4) is 0 Å². The molecule has 4 nitrogen and oxygen atoms in total. The number of hydrogen-bond donors (Lipinski definition) is 2. The summed E-state index contributed by atoms with van der Waals surface area (Å²) in [6, 6.07) is 11.2. The number of aliphatic carboxylic acids is 1. The van der Waals surface area contributed by atoms with Crippen molar-refractivity contribution in [1.29, 1.82) is 0 Å². The van der Waals surface area contributed by atoms with Crippen molar-refractivity contribution >= 4 is 11.9 Å². The van der Waals surface area contributed by atoms with Crippen molar-refractivity contribution in [2.75, 3.05) is 0 Å². The molecule has 2 atom stereocenters. The summed E-state index contributed by atoms with van der Waals surface area (Å²) >= 11 is 0. The molecule has 0 aliphatic heterocycles. The Morgan fingerprint density at radius 2 is 1.77 bits per heavy atom. The normalized spacial score (nSPS) is 13.0. The first-order valence-corrected chi connectivity index (χ1v) is 8.38. The van der Waals surface area contributed by atoms with Gasteiger partial charge in [0.25, 0.3) is 0 Å². The van der Waals surface area contributed by atoms with Crippen LogP contribution in [-0.4, -0.2) is 17.0 Å². The zero-order chi connectivity index (χ0) is 19.1. The lowest BCUT2D eigenvalue weighted by atomic mass is 9.97. The fraction of sp³-hybridized carbons (Fsp3) is 0.300. The lowest BCUT2D eigenvalue weighted by molar-refractivity contribution is -0.142. The monoisotopic (exact) mass is 361 g/mol. The summed E-state index contributed by atoms with van der Waals surface area (Å²) in [5.74, 6) is -3.95. The lowest BCUT2D eigenvalue weighted by Crippen LogP contribution is -2.34. The second-order valence-electron chi connectivity index (χ2n) is 6.35. The molecule has 0 bridgehead atoms. The topological polar surface area (TPSA) is 66.4 Å². The number of amides is 1. The van der Waals surface area contributed by atoms with E-state index in [1.807, 2.05) is 37.3 Å². The molecular formula is C20H21F2NO3. The highest BCUT2D eigenvalue weighted by atomic mass is 19.2. The SMILES string of the molecule is C[C@H](CCc1ccccc1)CC(=O)N[C@H](C(=O)O)c1ccc(F)c(F)c1. The Kier molecular flexibility index (Phi) is 6.83. The maximum atomic E-state index is 13.3. The van der Waals surface area contributed by atoms with Crippen molar-refractivity contribution in [3.63, 3.8) is 0 Å². The highest BCUT2D eigenvalue weighted by Crippen LogP contribution is 2.18. The summed E-state index contributed by atoms with van der Waals surface area (Å²) in [5.41, 5.74) is 1.16. The van der Waals surface area contributed by atoms with Gasteiger partial charge in [-0.25, -0.2) is 13.6 Å². The molecule has 0 fully saturated rings. The van der Waals surface area contributed by atoms with Crippen LogP contribution in [0.4, 0.5) is 8.78 Å². The quantitative estimate of drug-likeness (QED) is 0.750. The number of nitrogens with one attached hydrogen (secondary N) is 1. The fourth-order valence-corrected chi connectivity index (χ4v) is 2.68. The third kappa shape index (κ3) is 5.65. The van der Waals surface area contributed by atoms with Crippen LogP contribution in [0.15, 0.2) is 48.5 Å². The number of carbonyl (C=O) groups is 2. The van der Waals surface area contributed by atoms with Crippen molar-refractivity contribution < 1.29 is 23.5 Å². The van der Waals surface area contributed by atoms with E-state index in [1.165, 1.54) is 5.56 Å².